The third kappa shape index (κ3) is 3.06. The van der Waals surface area contributed by atoms with Crippen LogP contribution in [0.3, 0.4) is 0 Å². The van der Waals surface area contributed by atoms with Crippen LogP contribution in [0.4, 0.5) is 0 Å². The molecule has 0 aromatic heterocycles. The van der Waals surface area contributed by atoms with Crippen LogP contribution in [0.1, 0.15) is 45.4 Å². The summed E-state index contributed by atoms with van der Waals surface area (Å²) in [6.45, 7) is 5.13. The first-order valence-corrected chi connectivity index (χ1v) is 7.72. The highest BCUT2D eigenvalue weighted by Crippen LogP contribution is 2.37. The highest BCUT2D eigenvalue weighted by Gasteiger charge is 2.37. The standard InChI is InChI=1S/C15H30N2O/c1-12(11-18-2)15(10-16)17-9-5-8-14(17)13-6-3-4-7-13/h12-15H,3-11,16H2,1-2H3. The van der Waals surface area contributed by atoms with Gasteiger partial charge in [0.2, 0.25) is 0 Å². The molecule has 18 heavy (non-hydrogen) atoms. The summed E-state index contributed by atoms with van der Waals surface area (Å²) in [6.07, 6.45) is 8.51. The Balaban J connectivity index is 1.99. The molecule has 0 bridgehead atoms. The van der Waals surface area contributed by atoms with E-state index in [9.17, 15) is 0 Å². The van der Waals surface area contributed by atoms with E-state index in [2.05, 4.69) is 11.8 Å². The Labute approximate surface area is 112 Å². The van der Waals surface area contributed by atoms with Gasteiger partial charge in [0.15, 0.2) is 0 Å². The quantitative estimate of drug-likeness (QED) is 0.790. The Kier molecular flexibility index (Phi) is 5.46. The molecule has 2 N–H and O–H groups in total. The molecule has 0 spiro atoms. The first kappa shape index (κ1) is 14.3. The summed E-state index contributed by atoms with van der Waals surface area (Å²) in [5.41, 5.74) is 6.05. The summed E-state index contributed by atoms with van der Waals surface area (Å²) in [6, 6.07) is 1.32. The van der Waals surface area contributed by atoms with Gasteiger partial charge in [0, 0.05) is 25.7 Å². The van der Waals surface area contributed by atoms with E-state index in [0.717, 1.165) is 25.1 Å². The van der Waals surface area contributed by atoms with Crippen LogP contribution in [0.15, 0.2) is 0 Å². The minimum atomic E-state index is 0.512. The molecule has 3 heteroatoms. The zero-order valence-corrected chi connectivity index (χ0v) is 12.1. The van der Waals surface area contributed by atoms with Crippen LogP contribution >= 0.6 is 0 Å². The molecule has 2 fully saturated rings. The van der Waals surface area contributed by atoms with Gasteiger partial charge in [-0.3, -0.25) is 4.90 Å². The molecule has 2 aliphatic rings. The van der Waals surface area contributed by atoms with E-state index in [0.29, 0.717) is 12.0 Å². The second-order valence-corrected chi connectivity index (χ2v) is 6.23. The molecule has 1 heterocycles. The van der Waals surface area contributed by atoms with Crippen LogP contribution in [-0.4, -0.2) is 43.8 Å². The van der Waals surface area contributed by atoms with Crippen molar-refractivity contribution in [2.24, 2.45) is 17.6 Å². The summed E-state index contributed by atoms with van der Waals surface area (Å²) < 4.78 is 5.32. The summed E-state index contributed by atoms with van der Waals surface area (Å²) in [5, 5.41) is 0. The third-order valence-corrected chi connectivity index (χ3v) is 5.04. The van der Waals surface area contributed by atoms with E-state index >= 15 is 0 Å². The maximum Gasteiger partial charge on any atom is 0.0503 e. The lowest BCUT2D eigenvalue weighted by molar-refractivity contribution is 0.0620. The van der Waals surface area contributed by atoms with Gasteiger partial charge in [-0.05, 0) is 44.1 Å². The molecule has 0 radical (unpaired) electrons. The molecule has 1 saturated carbocycles. The van der Waals surface area contributed by atoms with Gasteiger partial charge >= 0.3 is 0 Å². The molecule has 0 amide bonds. The van der Waals surface area contributed by atoms with E-state index < -0.39 is 0 Å². The van der Waals surface area contributed by atoms with E-state index in [-0.39, 0.29) is 0 Å². The van der Waals surface area contributed by atoms with E-state index in [1.54, 1.807) is 7.11 Å². The minimum Gasteiger partial charge on any atom is -0.384 e. The van der Waals surface area contributed by atoms with Crippen molar-refractivity contribution in [3.8, 4) is 0 Å². The summed E-state index contributed by atoms with van der Waals surface area (Å²) >= 11 is 0. The summed E-state index contributed by atoms with van der Waals surface area (Å²) in [4.78, 5) is 2.72. The Morgan fingerprint density at radius 2 is 1.94 bits per heavy atom. The van der Waals surface area contributed by atoms with E-state index in [1.165, 1.54) is 45.1 Å². The van der Waals surface area contributed by atoms with Crippen molar-refractivity contribution in [2.45, 2.75) is 57.5 Å². The lowest BCUT2D eigenvalue weighted by Crippen LogP contribution is -2.50. The highest BCUT2D eigenvalue weighted by atomic mass is 16.5. The van der Waals surface area contributed by atoms with Gasteiger partial charge < -0.3 is 10.5 Å². The SMILES string of the molecule is COCC(C)C(CN)N1CCCC1C1CCCC1. The number of nitrogens with two attached hydrogens (primary N) is 1. The van der Waals surface area contributed by atoms with Gasteiger partial charge in [-0.25, -0.2) is 0 Å². The highest BCUT2D eigenvalue weighted by molar-refractivity contribution is 4.92. The van der Waals surface area contributed by atoms with Crippen molar-refractivity contribution in [1.29, 1.82) is 0 Å². The number of ether oxygens (including phenoxy) is 1. The molecule has 0 aromatic carbocycles. The number of rotatable bonds is 6. The van der Waals surface area contributed by atoms with Crippen LogP contribution in [0.25, 0.3) is 0 Å². The molecule has 3 atom stereocenters. The van der Waals surface area contributed by atoms with Crippen LogP contribution in [0.2, 0.25) is 0 Å². The molecule has 106 valence electrons. The average Bonchev–Trinajstić information content (AvgIpc) is 2.99. The van der Waals surface area contributed by atoms with Crippen molar-refractivity contribution in [3.63, 3.8) is 0 Å². The average molecular weight is 254 g/mol. The number of nitrogens with zero attached hydrogens (tertiary/aromatic N) is 1. The van der Waals surface area contributed by atoms with Gasteiger partial charge in [-0.2, -0.15) is 0 Å². The number of hydrogen-bond acceptors (Lipinski definition) is 3. The van der Waals surface area contributed by atoms with Crippen LogP contribution in [0, 0.1) is 11.8 Å². The van der Waals surface area contributed by atoms with E-state index in [1.807, 2.05) is 0 Å². The lowest BCUT2D eigenvalue weighted by atomic mass is 9.93. The Bertz CT molecular complexity index is 241. The van der Waals surface area contributed by atoms with Gasteiger partial charge in [-0.15, -0.1) is 0 Å². The van der Waals surface area contributed by atoms with Crippen molar-refractivity contribution in [1.82, 2.24) is 4.90 Å². The van der Waals surface area contributed by atoms with Gasteiger partial charge in [0.1, 0.15) is 0 Å². The maximum atomic E-state index is 6.05. The second kappa shape index (κ2) is 6.88. The topological polar surface area (TPSA) is 38.5 Å². The molecule has 3 nitrogen and oxygen atoms in total. The normalized spacial score (nSPS) is 29.8. The fraction of sp³-hybridized carbons (Fsp3) is 1.00. The third-order valence-electron chi connectivity index (χ3n) is 5.04. The molecule has 0 aromatic rings. The van der Waals surface area contributed by atoms with Gasteiger partial charge in [0.25, 0.3) is 0 Å². The largest absolute Gasteiger partial charge is 0.384 e. The number of likely N-dealkylation sites (tertiary alicyclic amines) is 1. The van der Waals surface area contributed by atoms with Gasteiger partial charge in [0.05, 0.1) is 6.61 Å². The van der Waals surface area contributed by atoms with Crippen LogP contribution < -0.4 is 5.73 Å². The summed E-state index contributed by atoms with van der Waals surface area (Å²) in [7, 11) is 1.79. The van der Waals surface area contributed by atoms with Crippen molar-refractivity contribution in [2.75, 3.05) is 26.8 Å². The second-order valence-electron chi connectivity index (χ2n) is 6.23. The summed E-state index contributed by atoms with van der Waals surface area (Å²) in [5.74, 6) is 1.48. The first-order valence-electron chi connectivity index (χ1n) is 7.72. The van der Waals surface area contributed by atoms with Crippen LogP contribution in [-0.2, 0) is 4.74 Å². The smallest absolute Gasteiger partial charge is 0.0503 e. The fourth-order valence-corrected chi connectivity index (χ4v) is 4.14. The van der Waals surface area contributed by atoms with Crippen molar-refractivity contribution in [3.05, 3.63) is 0 Å². The first-order chi connectivity index (χ1) is 8.77. The Hall–Kier alpha value is -0.120. The molecule has 1 saturated heterocycles. The Morgan fingerprint density at radius 3 is 2.56 bits per heavy atom. The Morgan fingerprint density at radius 1 is 1.22 bits per heavy atom. The zero-order chi connectivity index (χ0) is 13.0. The van der Waals surface area contributed by atoms with Crippen LogP contribution in [0.5, 0.6) is 0 Å². The predicted octanol–water partition coefficient (Wildman–Crippen LogP) is 2.25. The molecular formula is C15H30N2O. The maximum absolute atomic E-state index is 6.05. The molecule has 3 unspecified atom stereocenters. The predicted molar refractivity (Wildman–Crippen MR) is 75.6 cm³/mol. The lowest BCUT2D eigenvalue weighted by Gasteiger charge is -2.38. The minimum absolute atomic E-state index is 0.512. The van der Waals surface area contributed by atoms with Gasteiger partial charge in [-0.1, -0.05) is 19.8 Å². The van der Waals surface area contributed by atoms with Crippen molar-refractivity contribution < 1.29 is 4.74 Å². The number of hydrogen-bond donors (Lipinski definition) is 1. The molecule has 1 aliphatic carbocycles. The number of methoxy groups -OCH3 is 1. The molecule has 1 aliphatic heterocycles. The molecule has 2 rings (SSSR count). The monoisotopic (exact) mass is 254 g/mol. The zero-order valence-electron chi connectivity index (χ0n) is 12.1. The van der Waals surface area contributed by atoms with Crippen molar-refractivity contribution >= 4 is 0 Å². The fourth-order valence-electron chi connectivity index (χ4n) is 4.14. The molecular weight excluding hydrogens is 224 g/mol. The van der Waals surface area contributed by atoms with E-state index in [4.69, 9.17) is 10.5 Å².